The SMILES string of the molecule is CN1CC(C2CCNCC2)c2ccc(Nc3ccc(F)c(F)c3)nc21. The number of fused-ring (bicyclic) bond motifs is 1. The Balaban J connectivity index is 1.57. The molecule has 0 aliphatic carbocycles. The van der Waals surface area contributed by atoms with Crippen LogP contribution < -0.4 is 15.5 Å². The maximum absolute atomic E-state index is 13.4. The number of benzene rings is 1. The number of nitrogens with one attached hydrogen (secondary N) is 2. The highest BCUT2D eigenvalue weighted by molar-refractivity contribution is 5.63. The van der Waals surface area contributed by atoms with E-state index in [1.54, 1.807) is 0 Å². The Morgan fingerprint density at radius 2 is 1.92 bits per heavy atom. The van der Waals surface area contributed by atoms with Crippen LogP contribution in [0.25, 0.3) is 0 Å². The summed E-state index contributed by atoms with van der Waals surface area (Å²) >= 11 is 0. The summed E-state index contributed by atoms with van der Waals surface area (Å²) in [5.74, 6) is 1.12. The number of nitrogens with zero attached hydrogens (tertiary/aromatic N) is 2. The third-order valence-electron chi connectivity index (χ3n) is 5.28. The number of aromatic nitrogens is 1. The molecule has 1 aromatic carbocycles. The van der Waals surface area contributed by atoms with E-state index in [4.69, 9.17) is 4.98 Å². The second-order valence-corrected chi connectivity index (χ2v) is 6.94. The molecule has 6 heteroatoms. The van der Waals surface area contributed by atoms with Crippen LogP contribution in [0.5, 0.6) is 0 Å². The molecule has 3 heterocycles. The zero-order valence-electron chi connectivity index (χ0n) is 14.2. The van der Waals surface area contributed by atoms with E-state index < -0.39 is 11.6 Å². The molecule has 1 aromatic heterocycles. The average molecular weight is 344 g/mol. The summed E-state index contributed by atoms with van der Waals surface area (Å²) < 4.78 is 26.4. The average Bonchev–Trinajstić information content (AvgIpc) is 2.95. The Kier molecular flexibility index (Phi) is 4.29. The lowest BCUT2D eigenvalue weighted by atomic mass is 9.82. The number of likely N-dealkylation sites (N-methyl/N-ethyl adjacent to an activating group) is 1. The molecule has 25 heavy (non-hydrogen) atoms. The van der Waals surface area contributed by atoms with E-state index in [9.17, 15) is 8.78 Å². The minimum atomic E-state index is -0.866. The fraction of sp³-hybridized carbons (Fsp3) is 0.421. The largest absolute Gasteiger partial charge is 0.359 e. The van der Waals surface area contributed by atoms with Crippen LogP contribution >= 0.6 is 0 Å². The highest BCUT2D eigenvalue weighted by atomic mass is 19.2. The lowest BCUT2D eigenvalue weighted by Crippen LogP contribution is -2.32. The van der Waals surface area contributed by atoms with Gasteiger partial charge in [-0.2, -0.15) is 0 Å². The van der Waals surface area contributed by atoms with Crippen molar-refractivity contribution in [3.05, 3.63) is 47.5 Å². The summed E-state index contributed by atoms with van der Waals surface area (Å²) in [7, 11) is 2.06. The lowest BCUT2D eigenvalue weighted by molar-refractivity contribution is 0.327. The summed E-state index contributed by atoms with van der Waals surface area (Å²) in [5.41, 5.74) is 1.78. The Morgan fingerprint density at radius 3 is 2.68 bits per heavy atom. The molecule has 1 fully saturated rings. The topological polar surface area (TPSA) is 40.2 Å². The van der Waals surface area contributed by atoms with E-state index in [-0.39, 0.29) is 0 Å². The fourth-order valence-electron chi connectivity index (χ4n) is 3.98. The van der Waals surface area contributed by atoms with Gasteiger partial charge in [-0.1, -0.05) is 6.07 Å². The van der Waals surface area contributed by atoms with E-state index in [2.05, 4.69) is 28.6 Å². The van der Waals surface area contributed by atoms with Crippen molar-refractivity contribution in [2.24, 2.45) is 5.92 Å². The van der Waals surface area contributed by atoms with Crippen molar-refractivity contribution in [3.8, 4) is 0 Å². The van der Waals surface area contributed by atoms with Gasteiger partial charge < -0.3 is 15.5 Å². The summed E-state index contributed by atoms with van der Waals surface area (Å²) in [6.07, 6.45) is 2.40. The monoisotopic (exact) mass is 344 g/mol. The molecule has 4 nitrogen and oxygen atoms in total. The number of hydrogen-bond acceptors (Lipinski definition) is 4. The van der Waals surface area contributed by atoms with Crippen LogP contribution in [0, 0.1) is 17.6 Å². The first-order valence-corrected chi connectivity index (χ1v) is 8.76. The second-order valence-electron chi connectivity index (χ2n) is 6.94. The standard InChI is InChI=1S/C19H22F2N4/c1-25-11-15(12-6-8-22-9-7-12)14-3-5-18(24-19(14)25)23-13-2-4-16(20)17(21)10-13/h2-5,10,12,15,22H,6-9,11H2,1H3,(H,23,24). The van der Waals surface area contributed by atoms with E-state index in [0.29, 0.717) is 23.3 Å². The Bertz CT molecular complexity index is 774. The van der Waals surface area contributed by atoms with E-state index in [0.717, 1.165) is 37.6 Å². The quantitative estimate of drug-likeness (QED) is 0.892. The third kappa shape index (κ3) is 3.18. The number of rotatable bonds is 3. The van der Waals surface area contributed by atoms with Crippen molar-refractivity contribution in [2.45, 2.75) is 18.8 Å². The van der Waals surface area contributed by atoms with Gasteiger partial charge in [0.25, 0.3) is 0 Å². The molecule has 0 amide bonds. The van der Waals surface area contributed by atoms with Crippen LogP contribution in [0.1, 0.15) is 24.3 Å². The third-order valence-corrected chi connectivity index (χ3v) is 5.28. The molecule has 0 radical (unpaired) electrons. The van der Waals surface area contributed by atoms with Gasteiger partial charge in [-0.05, 0) is 55.6 Å². The molecule has 0 spiro atoms. The van der Waals surface area contributed by atoms with Gasteiger partial charge in [0.05, 0.1) is 0 Å². The Morgan fingerprint density at radius 1 is 1.12 bits per heavy atom. The maximum Gasteiger partial charge on any atom is 0.160 e. The molecule has 2 aliphatic rings. The summed E-state index contributed by atoms with van der Waals surface area (Å²) in [6, 6.07) is 7.82. The molecule has 0 saturated carbocycles. The highest BCUT2D eigenvalue weighted by Gasteiger charge is 2.34. The van der Waals surface area contributed by atoms with Crippen LogP contribution in [0.15, 0.2) is 30.3 Å². The molecule has 1 unspecified atom stereocenters. The van der Waals surface area contributed by atoms with Gasteiger partial charge in [0, 0.05) is 31.3 Å². The molecule has 4 rings (SSSR count). The van der Waals surface area contributed by atoms with Crippen molar-refractivity contribution >= 4 is 17.3 Å². The summed E-state index contributed by atoms with van der Waals surface area (Å²) in [6.45, 7) is 3.16. The summed E-state index contributed by atoms with van der Waals surface area (Å²) in [4.78, 5) is 6.90. The molecule has 2 N–H and O–H groups in total. The highest BCUT2D eigenvalue weighted by Crippen LogP contribution is 2.42. The van der Waals surface area contributed by atoms with Crippen molar-refractivity contribution in [2.75, 3.05) is 36.9 Å². The molecule has 1 saturated heterocycles. The molecule has 0 bridgehead atoms. The van der Waals surface area contributed by atoms with Crippen molar-refractivity contribution in [3.63, 3.8) is 0 Å². The second kappa shape index (κ2) is 6.59. The number of hydrogen-bond donors (Lipinski definition) is 2. The van der Waals surface area contributed by atoms with Crippen molar-refractivity contribution < 1.29 is 8.78 Å². The predicted molar refractivity (Wildman–Crippen MR) is 95.5 cm³/mol. The van der Waals surface area contributed by atoms with Gasteiger partial charge in [-0.25, -0.2) is 13.8 Å². The van der Waals surface area contributed by atoms with Gasteiger partial charge in [-0.15, -0.1) is 0 Å². The zero-order valence-corrected chi connectivity index (χ0v) is 14.2. The molecular formula is C19H22F2N4. The van der Waals surface area contributed by atoms with Gasteiger partial charge >= 0.3 is 0 Å². The van der Waals surface area contributed by atoms with E-state index in [1.165, 1.54) is 24.5 Å². The first-order valence-electron chi connectivity index (χ1n) is 8.76. The van der Waals surface area contributed by atoms with Crippen molar-refractivity contribution in [1.29, 1.82) is 0 Å². The van der Waals surface area contributed by atoms with Crippen LogP contribution in [0.4, 0.5) is 26.1 Å². The molecule has 2 aliphatic heterocycles. The van der Waals surface area contributed by atoms with E-state index >= 15 is 0 Å². The van der Waals surface area contributed by atoms with Gasteiger partial charge in [0.1, 0.15) is 11.6 Å². The van der Waals surface area contributed by atoms with Gasteiger partial charge in [0.2, 0.25) is 0 Å². The molecular weight excluding hydrogens is 322 g/mol. The maximum atomic E-state index is 13.4. The van der Waals surface area contributed by atoms with Gasteiger partial charge in [0.15, 0.2) is 11.6 Å². The normalized spacial score (nSPS) is 20.6. The first kappa shape index (κ1) is 16.3. The number of halogens is 2. The van der Waals surface area contributed by atoms with Gasteiger partial charge in [-0.3, -0.25) is 0 Å². The number of anilines is 3. The first-order chi connectivity index (χ1) is 12.1. The number of pyridine rings is 1. The van der Waals surface area contributed by atoms with Crippen LogP contribution in [-0.4, -0.2) is 31.7 Å². The Labute approximate surface area is 146 Å². The predicted octanol–water partition coefficient (Wildman–Crippen LogP) is 3.64. The Hall–Kier alpha value is -2.21. The van der Waals surface area contributed by atoms with Crippen molar-refractivity contribution in [1.82, 2.24) is 10.3 Å². The summed E-state index contributed by atoms with van der Waals surface area (Å²) in [5, 5.41) is 6.48. The lowest BCUT2D eigenvalue weighted by Gasteiger charge is -2.28. The minimum Gasteiger partial charge on any atom is -0.359 e. The van der Waals surface area contributed by atoms with Crippen LogP contribution in [0.3, 0.4) is 0 Å². The van der Waals surface area contributed by atoms with E-state index in [1.807, 2.05) is 6.07 Å². The zero-order chi connectivity index (χ0) is 17.4. The molecule has 2 aromatic rings. The molecule has 132 valence electrons. The fourth-order valence-corrected chi connectivity index (χ4v) is 3.98. The van der Waals surface area contributed by atoms with Crippen LogP contribution in [0.2, 0.25) is 0 Å². The molecule has 1 atom stereocenters. The van der Waals surface area contributed by atoms with Crippen LogP contribution in [-0.2, 0) is 0 Å². The number of piperidine rings is 1. The smallest absolute Gasteiger partial charge is 0.160 e. The minimum absolute atomic E-state index is 0.488.